The maximum Gasteiger partial charge on any atom is 0.319 e. The molecular weight excluding hydrogens is 532 g/mol. The largest absolute Gasteiger partial charge is 0.493 e. The number of benzene rings is 4. The van der Waals surface area contributed by atoms with Crippen molar-refractivity contribution in [1.29, 1.82) is 0 Å². The minimum Gasteiger partial charge on any atom is -0.493 e. The van der Waals surface area contributed by atoms with Crippen LogP contribution >= 0.6 is 0 Å². The highest BCUT2D eigenvalue weighted by Crippen LogP contribution is 2.50. The molecule has 214 valence electrons. The van der Waals surface area contributed by atoms with Gasteiger partial charge in [0.25, 0.3) is 0 Å². The predicted molar refractivity (Wildman–Crippen MR) is 158 cm³/mol. The minimum atomic E-state index is -0.384. The number of rotatable bonds is 7. The molecule has 2 aliphatic carbocycles. The Morgan fingerprint density at radius 3 is 2.29 bits per heavy atom. The quantitative estimate of drug-likeness (QED) is 0.173. The molecule has 7 heteroatoms. The summed E-state index contributed by atoms with van der Waals surface area (Å²) in [4.78, 5) is 27.8. The highest BCUT2D eigenvalue weighted by molar-refractivity contribution is 6.17. The average Bonchev–Trinajstić information content (AvgIpc) is 3.79. The molecule has 0 radical (unpaired) electrons. The molecule has 1 saturated carbocycles. The lowest BCUT2D eigenvalue weighted by Gasteiger charge is -2.24. The van der Waals surface area contributed by atoms with Gasteiger partial charge in [0, 0.05) is 28.5 Å². The van der Waals surface area contributed by atoms with Gasteiger partial charge in [0.15, 0.2) is 28.8 Å². The fourth-order valence-electron chi connectivity index (χ4n) is 6.93. The Balaban J connectivity index is 1.44. The molecule has 0 N–H and O–H groups in total. The molecule has 1 aliphatic heterocycles. The van der Waals surface area contributed by atoms with Gasteiger partial charge in [0.2, 0.25) is 6.79 Å². The number of Topliss-reactive ketones (excluding diaryl/α,β-unsaturated/α-hetero) is 1. The fourth-order valence-corrected chi connectivity index (χ4v) is 6.93. The summed E-state index contributed by atoms with van der Waals surface area (Å²) in [5.41, 5.74) is 3.86. The summed E-state index contributed by atoms with van der Waals surface area (Å²) in [6, 6.07) is 19.3. The number of carbonyl (C=O) groups excluding carboxylic acids is 2. The number of carbonyl (C=O) groups is 2. The van der Waals surface area contributed by atoms with E-state index >= 15 is 0 Å². The summed E-state index contributed by atoms with van der Waals surface area (Å²) in [6.07, 6.45) is 5.01. The first-order chi connectivity index (χ1) is 20.6. The monoisotopic (exact) mass is 564 g/mol. The lowest BCUT2D eigenvalue weighted by atomic mass is 9.84. The number of esters is 1. The Kier molecular flexibility index (Phi) is 6.73. The Labute approximate surface area is 244 Å². The topological polar surface area (TPSA) is 80.3 Å². The Hall–Kier alpha value is -4.52. The van der Waals surface area contributed by atoms with Crippen LogP contribution < -0.4 is 23.7 Å². The predicted octanol–water partition coefficient (Wildman–Crippen LogP) is 7.26. The average molecular weight is 565 g/mol. The second kappa shape index (κ2) is 10.7. The van der Waals surface area contributed by atoms with Crippen LogP contribution in [0.5, 0.6) is 28.7 Å². The summed E-state index contributed by atoms with van der Waals surface area (Å²) in [5, 5.41) is 1.43. The molecule has 1 unspecified atom stereocenters. The van der Waals surface area contributed by atoms with Crippen molar-refractivity contribution in [1.82, 2.24) is 0 Å². The van der Waals surface area contributed by atoms with Crippen molar-refractivity contribution >= 4 is 22.5 Å². The van der Waals surface area contributed by atoms with Crippen molar-refractivity contribution in [2.45, 2.75) is 44.4 Å². The third-order valence-corrected chi connectivity index (χ3v) is 8.89. The first-order valence-corrected chi connectivity index (χ1v) is 14.5. The highest BCUT2D eigenvalue weighted by Gasteiger charge is 2.37. The zero-order valence-electron chi connectivity index (χ0n) is 23.7. The van der Waals surface area contributed by atoms with E-state index in [-0.39, 0.29) is 30.4 Å². The number of ether oxygens (including phenoxy) is 5. The Morgan fingerprint density at radius 1 is 0.833 bits per heavy atom. The molecule has 0 bridgehead atoms. The van der Waals surface area contributed by atoms with E-state index in [4.69, 9.17) is 23.7 Å². The van der Waals surface area contributed by atoms with Crippen LogP contribution in [0.3, 0.4) is 0 Å². The molecule has 42 heavy (non-hydrogen) atoms. The number of fused-ring (bicyclic) bond motifs is 3. The molecule has 0 saturated heterocycles. The van der Waals surface area contributed by atoms with Gasteiger partial charge in [0.05, 0.1) is 20.1 Å². The third kappa shape index (κ3) is 4.35. The van der Waals surface area contributed by atoms with Crippen LogP contribution in [0.2, 0.25) is 0 Å². The second-order valence-corrected chi connectivity index (χ2v) is 11.2. The van der Waals surface area contributed by atoms with Gasteiger partial charge in [0.1, 0.15) is 5.75 Å². The van der Waals surface area contributed by atoms with E-state index in [2.05, 4.69) is 0 Å². The van der Waals surface area contributed by atoms with Crippen LogP contribution in [0.4, 0.5) is 0 Å². The molecule has 4 aromatic carbocycles. The maximum absolute atomic E-state index is 14.2. The summed E-state index contributed by atoms with van der Waals surface area (Å²) in [6.45, 7) is 0.153. The lowest BCUT2D eigenvalue weighted by Crippen LogP contribution is -2.25. The molecule has 7 rings (SSSR count). The van der Waals surface area contributed by atoms with Crippen molar-refractivity contribution in [2.24, 2.45) is 5.92 Å². The van der Waals surface area contributed by atoms with Gasteiger partial charge < -0.3 is 23.7 Å². The zero-order valence-corrected chi connectivity index (χ0v) is 23.7. The van der Waals surface area contributed by atoms with E-state index in [9.17, 15) is 9.59 Å². The van der Waals surface area contributed by atoms with Gasteiger partial charge in [-0.25, -0.2) is 0 Å². The molecule has 3 aliphatic rings. The molecule has 0 aromatic heterocycles. The molecule has 4 aromatic rings. The Morgan fingerprint density at radius 2 is 1.55 bits per heavy atom. The van der Waals surface area contributed by atoms with Gasteiger partial charge in [-0.2, -0.15) is 0 Å². The Bertz CT molecular complexity index is 1700. The van der Waals surface area contributed by atoms with Crippen LogP contribution in [0.25, 0.3) is 21.9 Å². The van der Waals surface area contributed by atoms with E-state index in [1.807, 2.05) is 60.7 Å². The lowest BCUT2D eigenvalue weighted by molar-refractivity contribution is -0.137. The van der Waals surface area contributed by atoms with Crippen molar-refractivity contribution in [3.63, 3.8) is 0 Å². The molecule has 0 spiro atoms. The second-order valence-electron chi connectivity index (χ2n) is 11.2. The smallest absolute Gasteiger partial charge is 0.319 e. The van der Waals surface area contributed by atoms with E-state index < -0.39 is 0 Å². The van der Waals surface area contributed by atoms with E-state index in [1.54, 1.807) is 14.2 Å². The normalized spacial score (nSPS) is 16.5. The maximum atomic E-state index is 14.2. The van der Waals surface area contributed by atoms with Crippen LogP contribution in [0, 0.1) is 5.92 Å². The van der Waals surface area contributed by atoms with Crippen LogP contribution in [-0.2, 0) is 11.2 Å². The summed E-state index contributed by atoms with van der Waals surface area (Å²) in [7, 11) is 3.16. The molecule has 0 amide bonds. The van der Waals surface area contributed by atoms with Crippen LogP contribution in [0.15, 0.2) is 60.7 Å². The zero-order chi connectivity index (χ0) is 28.8. The number of methoxy groups -OCH3 is 2. The summed E-state index contributed by atoms with van der Waals surface area (Å²) in [5.74, 6) is 2.30. The minimum absolute atomic E-state index is 0.0158. The van der Waals surface area contributed by atoms with Crippen molar-refractivity contribution in [3.8, 4) is 39.9 Å². The molecule has 1 atom stereocenters. The number of hydrogen-bond donors (Lipinski definition) is 0. The van der Waals surface area contributed by atoms with Crippen LogP contribution in [-0.4, -0.2) is 32.8 Å². The third-order valence-electron chi connectivity index (χ3n) is 8.89. The van der Waals surface area contributed by atoms with Crippen molar-refractivity contribution in [2.75, 3.05) is 21.0 Å². The molecule has 1 fully saturated rings. The van der Waals surface area contributed by atoms with Gasteiger partial charge in [-0.15, -0.1) is 0 Å². The van der Waals surface area contributed by atoms with Crippen LogP contribution in [0.1, 0.15) is 59.5 Å². The molecule has 7 nitrogen and oxygen atoms in total. The molecular formula is C35H32O7. The highest BCUT2D eigenvalue weighted by atomic mass is 16.7. The van der Waals surface area contributed by atoms with E-state index in [0.29, 0.717) is 52.5 Å². The van der Waals surface area contributed by atoms with Crippen molar-refractivity contribution < 1.29 is 33.3 Å². The fraction of sp³-hybridized carbons (Fsp3) is 0.314. The summed E-state index contributed by atoms with van der Waals surface area (Å²) < 4.78 is 29.0. The van der Waals surface area contributed by atoms with Crippen molar-refractivity contribution in [3.05, 3.63) is 77.4 Å². The SMILES string of the molecule is COc1cc2c(OC(=O)C(c3ccccc3)C3CCCC3)c3c(c(-c4ccc5c(c4)OCO5)c2cc1OC)C(=O)CC3. The first kappa shape index (κ1) is 26.4. The summed E-state index contributed by atoms with van der Waals surface area (Å²) >= 11 is 0. The number of hydrogen-bond acceptors (Lipinski definition) is 7. The van der Waals surface area contributed by atoms with Gasteiger partial charge in [-0.1, -0.05) is 49.2 Å². The number of ketones is 1. The van der Waals surface area contributed by atoms with Gasteiger partial charge in [-0.3, -0.25) is 9.59 Å². The van der Waals surface area contributed by atoms with Gasteiger partial charge >= 0.3 is 5.97 Å². The van der Waals surface area contributed by atoms with E-state index in [0.717, 1.165) is 53.3 Å². The van der Waals surface area contributed by atoms with E-state index in [1.165, 1.54) is 0 Å². The first-order valence-electron chi connectivity index (χ1n) is 14.5. The standard InChI is InChI=1S/C35H32O7/c1-38-28-17-24-25(18-29(28)39-2)34(42-35(37)31(21-10-6-7-11-21)20-8-4-3-5-9-20)23-13-14-26(36)33(23)32(24)22-12-15-27-30(16-22)41-19-40-27/h3-5,8-9,12,15-18,21,31H,6-7,10-11,13-14,19H2,1-2H3. The van der Waals surface area contributed by atoms with Gasteiger partial charge in [-0.05, 0) is 66.0 Å². The molecule has 1 heterocycles.